The van der Waals surface area contributed by atoms with Gasteiger partial charge in [0.15, 0.2) is 0 Å². The quantitative estimate of drug-likeness (QED) is 0.823. The summed E-state index contributed by atoms with van der Waals surface area (Å²) in [6, 6.07) is 9.50. The Balaban J connectivity index is 2.11. The van der Waals surface area contributed by atoms with Crippen LogP contribution in [0.15, 0.2) is 42.6 Å². The van der Waals surface area contributed by atoms with Gasteiger partial charge in [-0.15, -0.1) is 0 Å². The van der Waals surface area contributed by atoms with Crippen LogP contribution in [0.4, 0.5) is 5.82 Å². The molecule has 2 N–H and O–H groups in total. The summed E-state index contributed by atoms with van der Waals surface area (Å²) in [5.41, 5.74) is 1.46. The van der Waals surface area contributed by atoms with Crippen molar-refractivity contribution in [3.8, 4) is 0 Å². The summed E-state index contributed by atoms with van der Waals surface area (Å²) in [7, 11) is 0. The second-order valence-electron chi connectivity index (χ2n) is 6.05. The van der Waals surface area contributed by atoms with Crippen molar-refractivity contribution in [1.82, 2.24) is 10.3 Å². The third kappa shape index (κ3) is 5.29. The lowest BCUT2D eigenvalue weighted by atomic mass is 9.98. The summed E-state index contributed by atoms with van der Waals surface area (Å²) < 4.78 is 0. The predicted molar refractivity (Wildman–Crippen MR) is 99.8 cm³/mol. The highest BCUT2D eigenvalue weighted by atomic mass is 35.5. The Labute approximate surface area is 152 Å². The first kappa shape index (κ1) is 18.9. The number of carbonyl (C=O) groups is 2. The number of aromatic nitrogens is 1. The number of amides is 2. The summed E-state index contributed by atoms with van der Waals surface area (Å²) in [6.07, 6.45) is 2.43. The van der Waals surface area contributed by atoms with Gasteiger partial charge < -0.3 is 10.6 Å². The van der Waals surface area contributed by atoms with Crippen molar-refractivity contribution in [3.63, 3.8) is 0 Å². The third-order valence-electron chi connectivity index (χ3n) is 4.05. The van der Waals surface area contributed by atoms with Crippen LogP contribution in [0.1, 0.15) is 36.2 Å². The number of aryl methyl sites for hydroxylation is 1. The summed E-state index contributed by atoms with van der Waals surface area (Å²) in [4.78, 5) is 29.2. The van der Waals surface area contributed by atoms with Crippen molar-refractivity contribution in [2.75, 3.05) is 5.32 Å². The average molecular weight is 360 g/mol. The van der Waals surface area contributed by atoms with Crippen molar-refractivity contribution < 1.29 is 9.59 Å². The van der Waals surface area contributed by atoms with Gasteiger partial charge in [0.2, 0.25) is 5.91 Å². The molecule has 5 nitrogen and oxygen atoms in total. The molecule has 25 heavy (non-hydrogen) atoms. The molecule has 2 atom stereocenters. The van der Waals surface area contributed by atoms with Crippen molar-refractivity contribution in [2.45, 2.75) is 33.2 Å². The predicted octanol–water partition coefficient (Wildman–Crippen LogP) is 3.83. The maximum absolute atomic E-state index is 12.6. The molecule has 0 saturated heterocycles. The van der Waals surface area contributed by atoms with Gasteiger partial charge in [0.05, 0.1) is 0 Å². The lowest BCUT2D eigenvalue weighted by Gasteiger charge is -2.23. The van der Waals surface area contributed by atoms with E-state index in [4.69, 9.17) is 11.6 Å². The molecule has 1 aromatic heterocycles. The van der Waals surface area contributed by atoms with Crippen molar-refractivity contribution in [3.05, 3.63) is 58.7 Å². The first-order valence-corrected chi connectivity index (χ1v) is 8.58. The lowest BCUT2D eigenvalue weighted by molar-refractivity contribution is -0.119. The minimum atomic E-state index is -0.656. The van der Waals surface area contributed by atoms with E-state index in [1.165, 1.54) is 0 Å². The smallest absolute Gasteiger partial charge is 0.251 e. The van der Waals surface area contributed by atoms with E-state index in [1.807, 2.05) is 26.8 Å². The fourth-order valence-corrected chi connectivity index (χ4v) is 2.40. The molecule has 132 valence electrons. The van der Waals surface area contributed by atoms with E-state index < -0.39 is 6.04 Å². The van der Waals surface area contributed by atoms with Gasteiger partial charge in [-0.05, 0) is 48.7 Å². The first-order chi connectivity index (χ1) is 11.9. The normalized spacial score (nSPS) is 13.0. The minimum absolute atomic E-state index is 0.0262. The van der Waals surface area contributed by atoms with E-state index in [2.05, 4.69) is 15.6 Å². The molecule has 0 aliphatic carbocycles. The Kier molecular flexibility index (Phi) is 6.53. The zero-order valence-corrected chi connectivity index (χ0v) is 15.3. The first-order valence-electron chi connectivity index (χ1n) is 8.20. The molecule has 0 saturated carbocycles. The molecule has 1 heterocycles. The third-order valence-corrected chi connectivity index (χ3v) is 4.30. The van der Waals surface area contributed by atoms with E-state index in [9.17, 15) is 9.59 Å². The fourth-order valence-electron chi connectivity index (χ4n) is 2.27. The van der Waals surface area contributed by atoms with Crippen LogP contribution in [0.5, 0.6) is 0 Å². The SMILES string of the molecule is CCC(C)C(NC(=O)c1ccc(Cl)cc1)C(=O)Nc1ccc(C)cn1. The number of nitrogens with one attached hydrogen (secondary N) is 2. The number of rotatable bonds is 6. The molecule has 2 amide bonds. The minimum Gasteiger partial charge on any atom is -0.340 e. The van der Waals surface area contributed by atoms with Gasteiger partial charge >= 0.3 is 0 Å². The van der Waals surface area contributed by atoms with Crippen LogP contribution in [-0.4, -0.2) is 22.8 Å². The van der Waals surface area contributed by atoms with Crippen molar-refractivity contribution in [2.24, 2.45) is 5.92 Å². The Morgan fingerprint density at radius 2 is 1.84 bits per heavy atom. The Hall–Kier alpha value is -2.40. The number of nitrogens with zero attached hydrogens (tertiary/aromatic N) is 1. The molecule has 6 heteroatoms. The summed E-state index contributed by atoms with van der Waals surface area (Å²) >= 11 is 5.84. The Bertz CT molecular complexity index is 729. The zero-order chi connectivity index (χ0) is 18.4. The summed E-state index contributed by atoms with van der Waals surface area (Å²) in [6.45, 7) is 5.82. The molecular weight excluding hydrogens is 338 g/mol. The van der Waals surface area contributed by atoms with E-state index in [-0.39, 0.29) is 17.7 Å². The van der Waals surface area contributed by atoms with Gasteiger partial charge in [0, 0.05) is 16.8 Å². The van der Waals surface area contributed by atoms with Gasteiger partial charge in [0.25, 0.3) is 5.91 Å². The molecule has 2 aromatic rings. The number of anilines is 1. The maximum atomic E-state index is 12.6. The van der Waals surface area contributed by atoms with E-state index in [0.717, 1.165) is 12.0 Å². The Morgan fingerprint density at radius 1 is 1.16 bits per heavy atom. The molecular formula is C19H22ClN3O2. The fraction of sp³-hybridized carbons (Fsp3) is 0.316. The monoisotopic (exact) mass is 359 g/mol. The molecule has 2 unspecified atom stereocenters. The van der Waals surface area contributed by atoms with Crippen LogP contribution >= 0.6 is 11.6 Å². The highest BCUT2D eigenvalue weighted by Crippen LogP contribution is 2.14. The van der Waals surface area contributed by atoms with Crippen LogP contribution in [0, 0.1) is 12.8 Å². The van der Waals surface area contributed by atoms with Crippen LogP contribution in [0.25, 0.3) is 0 Å². The number of benzene rings is 1. The molecule has 0 fully saturated rings. The molecule has 0 bridgehead atoms. The topological polar surface area (TPSA) is 71.1 Å². The zero-order valence-electron chi connectivity index (χ0n) is 14.5. The van der Waals surface area contributed by atoms with Crippen molar-refractivity contribution >= 4 is 29.2 Å². The van der Waals surface area contributed by atoms with Gasteiger partial charge in [-0.3, -0.25) is 9.59 Å². The number of hydrogen-bond acceptors (Lipinski definition) is 3. The summed E-state index contributed by atoms with van der Waals surface area (Å²) in [5, 5.41) is 6.13. The van der Waals surface area contributed by atoms with Gasteiger partial charge in [0.1, 0.15) is 11.9 Å². The summed E-state index contributed by atoms with van der Waals surface area (Å²) in [5.74, 6) is -0.159. The highest BCUT2D eigenvalue weighted by Gasteiger charge is 2.26. The maximum Gasteiger partial charge on any atom is 0.251 e. The lowest BCUT2D eigenvalue weighted by Crippen LogP contribution is -2.47. The standard InChI is InChI=1S/C19H22ClN3O2/c1-4-13(3)17(19(25)22-16-10-5-12(2)11-21-16)23-18(24)14-6-8-15(20)9-7-14/h5-11,13,17H,4H2,1-3H3,(H,23,24)(H,21,22,25). The number of hydrogen-bond donors (Lipinski definition) is 2. The molecule has 0 aliphatic rings. The highest BCUT2D eigenvalue weighted by molar-refractivity contribution is 6.30. The Morgan fingerprint density at radius 3 is 2.40 bits per heavy atom. The number of carbonyl (C=O) groups excluding carboxylic acids is 2. The van der Waals surface area contributed by atoms with E-state index in [0.29, 0.717) is 16.4 Å². The molecule has 2 rings (SSSR count). The second kappa shape index (κ2) is 8.62. The van der Waals surface area contributed by atoms with E-state index in [1.54, 1.807) is 36.5 Å². The second-order valence-corrected chi connectivity index (χ2v) is 6.49. The molecule has 0 aliphatic heterocycles. The molecule has 0 spiro atoms. The largest absolute Gasteiger partial charge is 0.340 e. The van der Waals surface area contributed by atoms with Gasteiger partial charge in [-0.2, -0.15) is 0 Å². The van der Waals surface area contributed by atoms with Crippen LogP contribution in [0.2, 0.25) is 5.02 Å². The number of halogens is 1. The molecule has 1 aromatic carbocycles. The van der Waals surface area contributed by atoms with Crippen molar-refractivity contribution in [1.29, 1.82) is 0 Å². The number of pyridine rings is 1. The van der Waals surface area contributed by atoms with Crippen LogP contribution in [0.3, 0.4) is 0 Å². The average Bonchev–Trinajstić information content (AvgIpc) is 2.61. The van der Waals surface area contributed by atoms with Gasteiger partial charge in [-0.1, -0.05) is 37.9 Å². The van der Waals surface area contributed by atoms with Crippen LogP contribution in [-0.2, 0) is 4.79 Å². The van der Waals surface area contributed by atoms with Gasteiger partial charge in [-0.25, -0.2) is 4.98 Å². The van der Waals surface area contributed by atoms with E-state index >= 15 is 0 Å². The molecule has 0 radical (unpaired) electrons. The van der Waals surface area contributed by atoms with Crippen LogP contribution < -0.4 is 10.6 Å².